The summed E-state index contributed by atoms with van der Waals surface area (Å²) in [5.41, 5.74) is 5.68. The van der Waals surface area contributed by atoms with E-state index in [0.29, 0.717) is 18.1 Å². The van der Waals surface area contributed by atoms with Gasteiger partial charge in [-0.3, -0.25) is 9.89 Å². The number of fused-ring (bicyclic) bond motifs is 2. The number of nitrogens with two attached hydrogens (primary N) is 1. The average molecular weight is 195 g/mol. The second-order valence-electron chi connectivity index (χ2n) is 4.96. The first-order valence-electron chi connectivity index (χ1n) is 5.65. The molecule has 0 aromatic heterocycles. The van der Waals surface area contributed by atoms with Gasteiger partial charge in [0.1, 0.15) is 0 Å². The van der Waals surface area contributed by atoms with E-state index in [1.165, 1.54) is 19.4 Å². The lowest BCUT2D eigenvalue weighted by molar-refractivity contribution is 0.168. The van der Waals surface area contributed by atoms with E-state index < -0.39 is 0 Å². The van der Waals surface area contributed by atoms with Crippen molar-refractivity contribution < 1.29 is 0 Å². The van der Waals surface area contributed by atoms with E-state index in [1.54, 1.807) is 0 Å². The Hall–Kier alpha value is -0.570. The van der Waals surface area contributed by atoms with Crippen LogP contribution in [0.25, 0.3) is 0 Å². The maximum atomic E-state index is 5.68. The number of likely N-dealkylation sites (tertiary alicyclic amines) is 1. The van der Waals surface area contributed by atoms with Crippen LogP contribution in [0, 0.1) is 5.92 Å². The van der Waals surface area contributed by atoms with Crippen molar-refractivity contribution in [2.24, 2.45) is 16.6 Å². The minimum Gasteiger partial charge on any atom is -0.388 e. The van der Waals surface area contributed by atoms with Crippen molar-refractivity contribution >= 4 is 5.84 Å². The summed E-state index contributed by atoms with van der Waals surface area (Å²) >= 11 is 0. The highest BCUT2D eigenvalue weighted by atomic mass is 15.3. The molecular formula is C11H21N3. The molecule has 80 valence electrons. The van der Waals surface area contributed by atoms with Gasteiger partial charge in [0.05, 0.1) is 11.9 Å². The fourth-order valence-electron chi connectivity index (χ4n) is 3.03. The van der Waals surface area contributed by atoms with Crippen molar-refractivity contribution in [1.29, 1.82) is 0 Å². The van der Waals surface area contributed by atoms with Gasteiger partial charge in [-0.05, 0) is 39.5 Å². The molecule has 0 amide bonds. The van der Waals surface area contributed by atoms with Gasteiger partial charge in [-0.1, -0.05) is 0 Å². The Bertz CT molecular complexity index is 243. The first-order chi connectivity index (χ1) is 6.59. The van der Waals surface area contributed by atoms with Gasteiger partial charge in [0, 0.05) is 18.6 Å². The quantitative estimate of drug-likeness (QED) is 0.532. The van der Waals surface area contributed by atoms with E-state index in [0.717, 1.165) is 11.8 Å². The highest BCUT2D eigenvalue weighted by molar-refractivity contribution is 5.77. The molecule has 3 nitrogen and oxygen atoms in total. The molecule has 1 aliphatic heterocycles. The summed E-state index contributed by atoms with van der Waals surface area (Å²) in [6.07, 6.45) is 2.65. The standard InChI is InChI=1S/C11H21N3/c1-7(2)14-6-9-4-5-10(14)11(9)13-8(3)12/h7,9-11H,4-6H2,1-3H3,(H2,12,13)/t9-,10-,11-/m1/s1. The summed E-state index contributed by atoms with van der Waals surface area (Å²) in [5, 5.41) is 0. The van der Waals surface area contributed by atoms with Crippen LogP contribution in [0.2, 0.25) is 0 Å². The average Bonchev–Trinajstić information content (AvgIpc) is 2.61. The molecule has 0 unspecified atom stereocenters. The summed E-state index contributed by atoms with van der Waals surface area (Å²) in [7, 11) is 0. The van der Waals surface area contributed by atoms with Crippen molar-refractivity contribution in [3.8, 4) is 0 Å². The molecule has 2 fully saturated rings. The Balaban J connectivity index is 2.12. The molecular weight excluding hydrogens is 174 g/mol. The molecule has 3 heteroatoms. The zero-order valence-electron chi connectivity index (χ0n) is 9.40. The molecule has 1 aliphatic carbocycles. The number of rotatable bonds is 2. The second kappa shape index (κ2) is 3.54. The summed E-state index contributed by atoms with van der Waals surface area (Å²) < 4.78 is 0. The maximum Gasteiger partial charge on any atom is 0.0909 e. The number of piperidine rings is 1. The molecule has 2 aliphatic rings. The first-order valence-corrected chi connectivity index (χ1v) is 5.65. The number of aliphatic imine (C=N–C) groups is 1. The smallest absolute Gasteiger partial charge is 0.0909 e. The highest BCUT2D eigenvalue weighted by Gasteiger charge is 2.47. The van der Waals surface area contributed by atoms with Gasteiger partial charge in [0.15, 0.2) is 0 Å². The highest BCUT2D eigenvalue weighted by Crippen LogP contribution is 2.40. The van der Waals surface area contributed by atoms with Gasteiger partial charge >= 0.3 is 0 Å². The summed E-state index contributed by atoms with van der Waals surface area (Å²) in [5.74, 6) is 1.51. The van der Waals surface area contributed by atoms with Crippen molar-refractivity contribution in [1.82, 2.24) is 4.90 Å². The lowest BCUT2D eigenvalue weighted by Gasteiger charge is -2.30. The first kappa shape index (κ1) is 9.97. The zero-order valence-corrected chi connectivity index (χ0v) is 9.40. The Labute approximate surface area is 86.4 Å². The zero-order chi connectivity index (χ0) is 10.3. The SMILES string of the molecule is CC(N)=N[C@@H]1[C@@H]2CC[C@H]1N(C(C)C)C2. The van der Waals surface area contributed by atoms with Crippen molar-refractivity contribution in [2.75, 3.05) is 6.54 Å². The summed E-state index contributed by atoms with van der Waals surface area (Å²) in [4.78, 5) is 7.17. The third kappa shape index (κ3) is 1.54. The molecule has 3 atom stereocenters. The van der Waals surface area contributed by atoms with Gasteiger partial charge in [0.2, 0.25) is 0 Å². The number of nitrogens with zero attached hydrogens (tertiary/aromatic N) is 2. The topological polar surface area (TPSA) is 41.6 Å². The predicted molar refractivity (Wildman–Crippen MR) is 59.4 cm³/mol. The van der Waals surface area contributed by atoms with Gasteiger partial charge < -0.3 is 5.73 Å². The lowest BCUT2D eigenvalue weighted by Crippen LogP contribution is -2.39. The molecule has 2 bridgehead atoms. The van der Waals surface area contributed by atoms with Gasteiger partial charge in [-0.2, -0.15) is 0 Å². The van der Waals surface area contributed by atoms with E-state index >= 15 is 0 Å². The van der Waals surface area contributed by atoms with Crippen LogP contribution in [0.1, 0.15) is 33.6 Å². The molecule has 0 aromatic carbocycles. The van der Waals surface area contributed by atoms with Crippen LogP contribution in [-0.4, -0.2) is 35.4 Å². The Kier molecular flexibility index (Phi) is 2.52. The largest absolute Gasteiger partial charge is 0.388 e. The van der Waals surface area contributed by atoms with E-state index in [9.17, 15) is 0 Å². The van der Waals surface area contributed by atoms with Crippen LogP contribution in [-0.2, 0) is 0 Å². The minimum absolute atomic E-state index is 0.488. The second-order valence-corrected chi connectivity index (χ2v) is 4.96. The molecule has 2 rings (SSSR count). The van der Waals surface area contributed by atoms with Crippen LogP contribution < -0.4 is 5.73 Å². The molecule has 1 saturated carbocycles. The lowest BCUT2D eigenvalue weighted by atomic mass is 10.1. The Morgan fingerprint density at radius 2 is 2.14 bits per heavy atom. The number of hydrogen-bond acceptors (Lipinski definition) is 2. The normalized spacial score (nSPS) is 38.6. The molecule has 0 aromatic rings. The summed E-state index contributed by atoms with van der Waals surface area (Å²) in [6.45, 7) is 7.68. The van der Waals surface area contributed by atoms with E-state index in [-0.39, 0.29) is 0 Å². The minimum atomic E-state index is 0.488. The van der Waals surface area contributed by atoms with Gasteiger partial charge in [0.25, 0.3) is 0 Å². The van der Waals surface area contributed by atoms with Crippen molar-refractivity contribution in [2.45, 2.75) is 51.7 Å². The van der Waals surface area contributed by atoms with Crippen LogP contribution in [0.3, 0.4) is 0 Å². The van der Waals surface area contributed by atoms with Gasteiger partial charge in [-0.15, -0.1) is 0 Å². The molecule has 14 heavy (non-hydrogen) atoms. The Morgan fingerprint density at radius 1 is 1.43 bits per heavy atom. The van der Waals surface area contributed by atoms with E-state index in [4.69, 9.17) is 5.73 Å². The fourth-order valence-corrected chi connectivity index (χ4v) is 3.03. The predicted octanol–water partition coefficient (Wildman–Crippen LogP) is 1.23. The van der Waals surface area contributed by atoms with Crippen molar-refractivity contribution in [3.05, 3.63) is 0 Å². The number of amidine groups is 1. The van der Waals surface area contributed by atoms with Crippen molar-refractivity contribution in [3.63, 3.8) is 0 Å². The molecule has 1 heterocycles. The van der Waals surface area contributed by atoms with Gasteiger partial charge in [-0.25, -0.2) is 0 Å². The number of hydrogen-bond donors (Lipinski definition) is 1. The van der Waals surface area contributed by atoms with Crippen LogP contribution in [0.4, 0.5) is 0 Å². The third-order valence-electron chi connectivity index (χ3n) is 3.60. The van der Waals surface area contributed by atoms with Crippen LogP contribution >= 0.6 is 0 Å². The monoisotopic (exact) mass is 195 g/mol. The Morgan fingerprint density at radius 3 is 2.64 bits per heavy atom. The van der Waals surface area contributed by atoms with E-state index in [1.807, 2.05) is 6.92 Å². The summed E-state index contributed by atoms with van der Waals surface area (Å²) in [6, 6.07) is 1.81. The van der Waals surface area contributed by atoms with E-state index in [2.05, 4.69) is 23.7 Å². The third-order valence-corrected chi connectivity index (χ3v) is 3.60. The van der Waals surface area contributed by atoms with Crippen LogP contribution in [0.15, 0.2) is 4.99 Å². The fraction of sp³-hybridized carbons (Fsp3) is 0.909. The molecule has 1 saturated heterocycles. The molecule has 0 radical (unpaired) electrons. The maximum absolute atomic E-state index is 5.68. The molecule has 0 spiro atoms. The van der Waals surface area contributed by atoms with Crippen LogP contribution in [0.5, 0.6) is 0 Å². The molecule has 2 N–H and O–H groups in total.